The average molecular weight is 269 g/mol. The summed E-state index contributed by atoms with van der Waals surface area (Å²) >= 11 is 0. The van der Waals surface area contributed by atoms with Gasteiger partial charge in [0.25, 0.3) is 0 Å². The summed E-state index contributed by atoms with van der Waals surface area (Å²) < 4.78 is 0. The van der Waals surface area contributed by atoms with Crippen molar-refractivity contribution in [1.82, 2.24) is 15.5 Å². The minimum absolute atomic E-state index is 0.0900. The lowest BCUT2D eigenvalue weighted by molar-refractivity contribution is -0.142. The SMILES string of the molecule is CCNCCCNC(=O)N1C2CCC1C(C(=O)O)C2. The van der Waals surface area contributed by atoms with Gasteiger partial charge in [-0.15, -0.1) is 0 Å². The van der Waals surface area contributed by atoms with Crippen LogP contribution in [0.25, 0.3) is 0 Å². The molecule has 6 heteroatoms. The van der Waals surface area contributed by atoms with Gasteiger partial charge in [0.1, 0.15) is 0 Å². The summed E-state index contributed by atoms with van der Waals surface area (Å²) in [6, 6.07) is -0.0658. The van der Waals surface area contributed by atoms with Crippen LogP contribution in [0.4, 0.5) is 4.79 Å². The summed E-state index contributed by atoms with van der Waals surface area (Å²) in [4.78, 5) is 25.0. The van der Waals surface area contributed by atoms with E-state index in [0.717, 1.165) is 32.4 Å². The molecule has 3 unspecified atom stereocenters. The van der Waals surface area contributed by atoms with E-state index in [2.05, 4.69) is 10.6 Å². The average Bonchev–Trinajstić information content (AvgIpc) is 2.95. The highest BCUT2D eigenvalue weighted by molar-refractivity contribution is 5.79. The lowest BCUT2D eigenvalue weighted by atomic mass is 9.89. The van der Waals surface area contributed by atoms with Crippen LogP contribution in [0, 0.1) is 5.92 Å². The normalized spacial score (nSPS) is 28.7. The highest BCUT2D eigenvalue weighted by Gasteiger charge is 2.51. The van der Waals surface area contributed by atoms with Gasteiger partial charge in [-0.25, -0.2) is 4.79 Å². The Labute approximate surface area is 113 Å². The first kappa shape index (κ1) is 14.1. The maximum Gasteiger partial charge on any atom is 0.317 e. The second-order valence-electron chi connectivity index (χ2n) is 5.33. The van der Waals surface area contributed by atoms with Gasteiger partial charge in [0, 0.05) is 18.6 Å². The van der Waals surface area contributed by atoms with Crippen molar-refractivity contribution in [2.24, 2.45) is 5.92 Å². The van der Waals surface area contributed by atoms with Gasteiger partial charge in [-0.1, -0.05) is 6.92 Å². The molecule has 2 amide bonds. The highest BCUT2D eigenvalue weighted by Crippen LogP contribution is 2.41. The topological polar surface area (TPSA) is 81.7 Å². The number of urea groups is 1. The molecule has 108 valence electrons. The fourth-order valence-electron chi connectivity index (χ4n) is 3.25. The number of carboxylic acids is 1. The van der Waals surface area contributed by atoms with E-state index in [4.69, 9.17) is 5.11 Å². The third kappa shape index (κ3) is 3.00. The van der Waals surface area contributed by atoms with Gasteiger partial charge < -0.3 is 20.6 Å². The summed E-state index contributed by atoms with van der Waals surface area (Å²) in [5, 5.41) is 15.2. The van der Waals surface area contributed by atoms with Crippen LogP contribution in [0.15, 0.2) is 0 Å². The molecule has 2 fully saturated rings. The van der Waals surface area contributed by atoms with E-state index in [9.17, 15) is 9.59 Å². The first-order chi connectivity index (χ1) is 9.15. The summed E-state index contributed by atoms with van der Waals surface area (Å²) in [6.07, 6.45) is 3.28. The van der Waals surface area contributed by atoms with E-state index < -0.39 is 5.97 Å². The Hall–Kier alpha value is -1.30. The molecule has 2 saturated heterocycles. The molecule has 2 aliphatic rings. The second kappa shape index (κ2) is 6.23. The summed E-state index contributed by atoms with van der Waals surface area (Å²) in [5.41, 5.74) is 0. The number of nitrogens with one attached hydrogen (secondary N) is 2. The first-order valence-electron chi connectivity index (χ1n) is 7.14. The lowest BCUT2D eigenvalue weighted by Crippen LogP contribution is -2.44. The molecular weight excluding hydrogens is 246 g/mol. The number of amides is 2. The second-order valence-corrected chi connectivity index (χ2v) is 5.33. The fourth-order valence-corrected chi connectivity index (χ4v) is 3.25. The van der Waals surface area contributed by atoms with Crippen LogP contribution in [0.1, 0.15) is 32.6 Å². The number of hydrogen-bond acceptors (Lipinski definition) is 3. The molecule has 0 aromatic carbocycles. The number of aliphatic carboxylic acids is 1. The molecule has 2 rings (SSSR count). The van der Waals surface area contributed by atoms with E-state index in [-0.39, 0.29) is 24.0 Å². The monoisotopic (exact) mass is 269 g/mol. The van der Waals surface area contributed by atoms with Gasteiger partial charge in [0.2, 0.25) is 0 Å². The van der Waals surface area contributed by atoms with Crippen molar-refractivity contribution in [3.05, 3.63) is 0 Å². The molecule has 0 saturated carbocycles. The summed E-state index contributed by atoms with van der Waals surface area (Å²) in [5.74, 6) is -1.14. The molecule has 3 atom stereocenters. The molecule has 2 aliphatic heterocycles. The predicted octanol–water partition coefficient (Wildman–Crippen LogP) is 0.633. The quantitative estimate of drug-likeness (QED) is 0.618. The van der Waals surface area contributed by atoms with Crippen molar-refractivity contribution in [2.75, 3.05) is 19.6 Å². The van der Waals surface area contributed by atoms with Crippen molar-refractivity contribution >= 4 is 12.0 Å². The third-order valence-electron chi connectivity index (χ3n) is 4.15. The maximum atomic E-state index is 12.1. The highest BCUT2D eigenvalue weighted by atomic mass is 16.4. The van der Waals surface area contributed by atoms with Gasteiger partial charge in [0.05, 0.1) is 5.92 Å². The Morgan fingerprint density at radius 2 is 2.11 bits per heavy atom. The number of carbonyl (C=O) groups excluding carboxylic acids is 1. The Bertz CT molecular complexity index is 348. The molecule has 19 heavy (non-hydrogen) atoms. The first-order valence-corrected chi connectivity index (χ1v) is 7.14. The largest absolute Gasteiger partial charge is 0.481 e. The van der Waals surface area contributed by atoms with Crippen LogP contribution in [-0.2, 0) is 4.79 Å². The maximum absolute atomic E-state index is 12.1. The number of hydrogen-bond donors (Lipinski definition) is 3. The molecule has 2 bridgehead atoms. The molecule has 0 aromatic rings. The summed E-state index contributed by atoms with van der Waals surface area (Å²) in [7, 11) is 0. The Morgan fingerprint density at radius 3 is 2.74 bits per heavy atom. The van der Waals surface area contributed by atoms with Crippen molar-refractivity contribution < 1.29 is 14.7 Å². The fraction of sp³-hybridized carbons (Fsp3) is 0.846. The van der Waals surface area contributed by atoms with Crippen molar-refractivity contribution in [3.63, 3.8) is 0 Å². The number of fused-ring (bicyclic) bond motifs is 2. The van der Waals surface area contributed by atoms with Gasteiger partial charge in [-0.3, -0.25) is 4.79 Å². The minimum Gasteiger partial charge on any atom is -0.481 e. The van der Waals surface area contributed by atoms with E-state index in [1.165, 1.54) is 0 Å². The Morgan fingerprint density at radius 1 is 1.32 bits per heavy atom. The Balaban J connectivity index is 1.79. The van der Waals surface area contributed by atoms with Crippen LogP contribution in [0.2, 0.25) is 0 Å². The number of nitrogens with zero attached hydrogens (tertiary/aromatic N) is 1. The van der Waals surface area contributed by atoms with Crippen molar-refractivity contribution in [2.45, 2.75) is 44.7 Å². The van der Waals surface area contributed by atoms with Crippen LogP contribution < -0.4 is 10.6 Å². The van der Waals surface area contributed by atoms with Gasteiger partial charge in [-0.05, 0) is 38.8 Å². The molecule has 0 aromatic heterocycles. The molecule has 0 radical (unpaired) electrons. The van der Waals surface area contributed by atoms with E-state index in [0.29, 0.717) is 13.0 Å². The van der Waals surface area contributed by atoms with Crippen LogP contribution in [0.5, 0.6) is 0 Å². The van der Waals surface area contributed by atoms with Gasteiger partial charge in [0.15, 0.2) is 0 Å². The van der Waals surface area contributed by atoms with Crippen LogP contribution >= 0.6 is 0 Å². The van der Waals surface area contributed by atoms with Crippen LogP contribution in [0.3, 0.4) is 0 Å². The zero-order valence-electron chi connectivity index (χ0n) is 11.4. The molecule has 0 spiro atoms. The van der Waals surface area contributed by atoms with Gasteiger partial charge in [-0.2, -0.15) is 0 Å². The number of carbonyl (C=O) groups is 2. The van der Waals surface area contributed by atoms with Crippen molar-refractivity contribution in [3.8, 4) is 0 Å². The van der Waals surface area contributed by atoms with E-state index >= 15 is 0 Å². The standard InChI is InChI=1S/C13H23N3O3/c1-2-14-6-3-7-15-13(19)16-9-4-5-11(16)10(8-9)12(17)18/h9-11,14H,2-8H2,1H3,(H,15,19)(H,17,18). The number of rotatable bonds is 6. The molecule has 3 N–H and O–H groups in total. The minimum atomic E-state index is -0.767. The van der Waals surface area contributed by atoms with Crippen LogP contribution in [-0.4, -0.2) is 53.7 Å². The zero-order chi connectivity index (χ0) is 13.8. The van der Waals surface area contributed by atoms with Crippen molar-refractivity contribution in [1.29, 1.82) is 0 Å². The van der Waals surface area contributed by atoms with E-state index in [1.54, 1.807) is 4.90 Å². The summed E-state index contributed by atoms with van der Waals surface area (Å²) in [6.45, 7) is 4.51. The predicted molar refractivity (Wildman–Crippen MR) is 71.0 cm³/mol. The molecule has 0 aliphatic carbocycles. The molecule has 2 heterocycles. The molecule has 6 nitrogen and oxygen atoms in total. The number of carboxylic acid groups (broad SMARTS) is 1. The van der Waals surface area contributed by atoms with Gasteiger partial charge >= 0.3 is 12.0 Å². The molecular formula is C13H23N3O3. The van der Waals surface area contributed by atoms with E-state index in [1.807, 2.05) is 6.92 Å². The lowest BCUT2D eigenvalue weighted by Gasteiger charge is -2.23. The zero-order valence-corrected chi connectivity index (χ0v) is 11.4. The Kier molecular flexibility index (Phi) is 4.63. The third-order valence-corrected chi connectivity index (χ3v) is 4.15. The smallest absolute Gasteiger partial charge is 0.317 e.